The molecule has 1 aliphatic rings. The smallest absolute Gasteiger partial charge is 0.251 e. The van der Waals surface area contributed by atoms with Crippen LogP contribution in [0.1, 0.15) is 34.3 Å². The van der Waals surface area contributed by atoms with E-state index in [2.05, 4.69) is 34.5 Å². The Morgan fingerprint density at radius 2 is 1.87 bits per heavy atom. The van der Waals surface area contributed by atoms with Crippen molar-refractivity contribution >= 4 is 5.91 Å². The number of nitrogens with zero attached hydrogens (tertiary/aromatic N) is 1. The Labute approximate surface area is 138 Å². The molecule has 3 rings (SSSR count). The first kappa shape index (κ1) is 15.8. The third-order valence-electron chi connectivity index (χ3n) is 4.48. The molecule has 0 saturated carbocycles. The summed E-state index contributed by atoms with van der Waals surface area (Å²) in [4.78, 5) is 14.9. The summed E-state index contributed by atoms with van der Waals surface area (Å²) in [7, 11) is 0. The largest absolute Gasteiger partial charge is 0.348 e. The summed E-state index contributed by atoms with van der Waals surface area (Å²) in [5.41, 5.74) is 3.15. The first-order valence-corrected chi connectivity index (χ1v) is 8.35. The zero-order valence-corrected chi connectivity index (χ0v) is 13.7. The summed E-state index contributed by atoms with van der Waals surface area (Å²) in [6.45, 7) is 4.97. The molecule has 0 aliphatic carbocycles. The Hall–Kier alpha value is -2.13. The highest BCUT2D eigenvalue weighted by molar-refractivity contribution is 5.95. The van der Waals surface area contributed by atoms with E-state index in [-0.39, 0.29) is 11.9 Å². The molecule has 0 spiro atoms. The van der Waals surface area contributed by atoms with Gasteiger partial charge in [0.05, 0.1) is 0 Å². The zero-order valence-electron chi connectivity index (χ0n) is 13.7. The summed E-state index contributed by atoms with van der Waals surface area (Å²) < 4.78 is 0. The molecule has 1 aliphatic heterocycles. The lowest BCUT2D eigenvalue weighted by Gasteiger charge is -2.33. The maximum absolute atomic E-state index is 12.5. The number of rotatable bonds is 4. The molecule has 2 aromatic rings. The summed E-state index contributed by atoms with van der Waals surface area (Å²) in [6, 6.07) is 18.5. The highest BCUT2D eigenvalue weighted by Crippen LogP contribution is 2.15. The summed E-state index contributed by atoms with van der Waals surface area (Å²) in [5, 5.41) is 3.21. The van der Waals surface area contributed by atoms with Crippen LogP contribution in [0.25, 0.3) is 0 Å². The molecule has 1 fully saturated rings. The van der Waals surface area contributed by atoms with Gasteiger partial charge in [-0.2, -0.15) is 0 Å². The molecule has 1 saturated heterocycles. The second-order valence-corrected chi connectivity index (χ2v) is 6.35. The average molecular weight is 308 g/mol. The van der Waals surface area contributed by atoms with Gasteiger partial charge in [-0.05, 0) is 43.5 Å². The second-order valence-electron chi connectivity index (χ2n) is 6.35. The van der Waals surface area contributed by atoms with Crippen LogP contribution >= 0.6 is 0 Å². The molecular weight excluding hydrogens is 284 g/mol. The highest BCUT2D eigenvalue weighted by atomic mass is 16.1. The number of nitrogens with one attached hydrogen (secondary N) is 1. The van der Waals surface area contributed by atoms with Gasteiger partial charge in [-0.25, -0.2) is 0 Å². The summed E-state index contributed by atoms with van der Waals surface area (Å²) in [5.74, 6) is 0.0506. The molecule has 1 N–H and O–H groups in total. The summed E-state index contributed by atoms with van der Waals surface area (Å²) in [6.07, 6.45) is 2.19. The summed E-state index contributed by atoms with van der Waals surface area (Å²) >= 11 is 0. The van der Waals surface area contributed by atoms with Crippen LogP contribution in [-0.2, 0) is 6.54 Å². The predicted molar refractivity (Wildman–Crippen MR) is 93.4 cm³/mol. The van der Waals surface area contributed by atoms with Gasteiger partial charge in [0, 0.05) is 24.7 Å². The van der Waals surface area contributed by atoms with Gasteiger partial charge in [0.2, 0.25) is 0 Å². The van der Waals surface area contributed by atoms with Crippen molar-refractivity contribution < 1.29 is 4.79 Å². The van der Waals surface area contributed by atoms with Crippen molar-refractivity contribution in [2.45, 2.75) is 32.4 Å². The van der Waals surface area contributed by atoms with Gasteiger partial charge >= 0.3 is 0 Å². The number of hydrogen-bond acceptors (Lipinski definition) is 2. The van der Waals surface area contributed by atoms with Gasteiger partial charge in [-0.15, -0.1) is 0 Å². The molecule has 3 heteroatoms. The third kappa shape index (κ3) is 4.20. The predicted octanol–water partition coefficient (Wildman–Crippen LogP) is 3.39. The van der Waals surface area contributed by atoms with Gasteiger partial charge < -0.3 is 5.32 Å². The van der Waals surface area contributed by atoms with Crippen LogP contribution in [0.4, 0.5) is 0 Å². The molecule has 3 nitrogen and oxygen atoms in total. The van der Waals surface area contributed by atoms with Gasteiger partial charge in [0.25, 0.3) is 5.91 Å². The molecule has 23 heavy (non-hydrogen) atoms. The fourth-order valence-corrected chi connectivity index (χ4v) is 3.25. The number of aryl methyl sites for hydroxylation is 1. The Kier molecular flexibility index (Phi) is 5.09. The van der Waals surface area contributed by atoms with Crippen molar-refractivity contribution in [3.8, 4) is 0 Å². The number of benzene rings is 2. The average Bonchev–Trinajstić information content (AvgIpc) is 2.56. The Morgan fingerprint density at radius 3 is 2.65 bits per heavy atom. The van der Waals surface area contributed by atoms with Crippen LogP contribution in [0, 0.1) is 6.92 Å². The van der Waals surface area contributed by atoms with Crippen molar-refractivity contribution in [1.82, 2.24) is 10.2 Å². The van der Waals surface area contributed by atoms with Crippen molar-refractivity contribution in [2.24, 2.45) is 0 Å². The molecule has 2 aromatic carbocycles. The monoisotopic (exact) mass is 308 g/mol. The number of carbonyl (C=O) groups excluding carboxylic acids is 1. The lowest BCUT2D eigenvalue weighted by molar-refractivity contribution is 0.0900. The molecule has 1 heterocycles. The van der Waals surface area contributed by atoms with Gasteiger partial charge in [0.15, 0.2) is 0 Å². The number of amides is 1. The number of piperidine rings is 1. The first-order chi connectivity index (χ1) is 11.2. The van der Waals surface area contributed by atoms with Crippen LogP contribution in [-0.4, -0.2) is 29.9 Å². The third-order valence-corrected chi connectivity index (χ3v) is 4.48. The van der Waals surface area contributed by atoms with Crippen LogP contribution in [0.5, 0.6) is 0 Å². The first-order valence-electron chi connectivity index (χ1n) is 8.35. The van der Waals surface area contributed by atoms with E-state index in [9.17, 15) is 4.79 Å². The Balaban J connectivity index is 1.58. The van der Waals surface area contributed by atoms with E-state index < -0.39 is 0 Å². The van der Waals surface area contributed by atoms with Crippen LogP contribution in [0.15, 0.2) is 54.6 Å². The number of hydrogen-bond donors (Lipinski definition) is 1. The zero-order chi connectivity index (χ0) is 16.1. The van der Waals surface area contributed by atoms with E-state index in [4.69, 9.17) is 0 Å². The lowest BCUT2D eigenvalue weighted by atomic mass is 10.0. The normalized spacial score (nSPS) is 18.6. The van der Waals surface area contributed by atoms with E-state index in [1.165, 1.54) is 5.56 Å². The van der Waals surface area contributed by atoms with Crippen LogP contribution < -0.4 is 5.32 Å². The lowest BCUT2D eigenvalue weighted by Crippen LogP contribution is -2.47. The van der Waals surface area contributed by atoms with E-state index in [1.807, 2.05) is 37.3 Å². The topological polar surface area (TPSA) is 32.3 Å². The quantitative estimate of drug-likeness (QED) is 0.939. The van der Waals surface area contributed by atoms with Crippen LogP contribution in [0.2, 0.25) is 0 Å². The minimum absolute atomic E-state index is 0.0506. The molecule has 1 atom stereocenters. The van der Waals surface area contributed by atoms with Gasteiger partial charge in [0.1, 0.15) is 0 Å². The fourth-order valence-electron chi connectivity index (χ4n) is 3.25. The molecule has 1 amide bonds. The second kappa shape index (κ2) is 7.42. The maximum atomic E-state index is 12.5. The number of carbonyl (C=O) groups is 1. The van der Waals surface area contributed by atoms with Crippen molar-refractivity contribution in [1.29, 1.82) is 0 Å². The maximum Gasteiger partial charge on any atom is 0.251 e. The van der Waals surface area contributed by atoms with Gasteiger partial charge in [-0.3, -0.25) is 9.69 Å². The molecule has 0 radical (unpaired) electrons. The molecular formula is C20H24N2O. The van der Waals surface area contributed by atoms with Gasteiger partial charge in [-0.1, -0.05) is 48.5 Å². The van der Waals surface area contributed by atoms with Crippen molar-refractivity contribution in [3.05, 3.63) is 71.3 Å². The van der Waals surface area contributed by atoms with E-state index in [0.717, 1.165) is 43.6 Å². The Bertz CT molecular complexity index is 654. The standard InChI is InChI=1S/C20H24N2O/c1-16-8-5-6-12-19(16)20(23)21-18-11-7-13-22(15-18)14-17-9-3-2-4-10-17/h2-6,8-10,12,18H,7,11,13-15H2,1H3,(H,21,23). The van der Waals surface area contributed by atoms with Crippen molar-refractivity contribution in [3.63, 3.8) is 0 Å². The fraction of sp³-hybridized carbons (Fsp3) is 0.350. The highest BCUT2D eigenvalue weighted by Gasteiger charge is 2.22. The van der Waals surface area contributed by atoms with E-state index >= 15 is 0 Å². The van der Waals surface area contributed by atoms with Crippen molar-refractivity contribution in [2.75, 3.05) is 13.1 Å². The van der Waals surface area contributed by atoms with E-state index in [0.29, 0.717) is 0 Å². The minimum Gasteiger partial charge on any atom is -0.348 e. The molecule has 1 unspecified atom stereocenters. The number of likely N-dealkylation sites (tertiary alicyclic amines) is 1. The SMILES string of the molecule is Cc1ccccc1C(=O)NC1CCCN(Cc2ccccc2)C1. The molecule has 0 bridgehead atoms. The molecule has 120 valence electrons. The molecule has 0 aromatic heterocycles. The van der Waals surface area contributed by atoms with Crippen LogP contribution in [0.3, 0.4) is 0 Å². The van der Waals surface area contributed by atoms with E-state index in [1.54, 1.807) is 0 Å². The minimum atomic E-state index is 0.0506. The Morgan fingerprint density at radius 1 is 1.13 bits per heavy atom.